The van der Waals surface area contributed by atoms with Crippen LogP contribution in [0.25, 0.3) is 0 Å². The van der Waals surface area contributed by atoms with Gasteiger partial charge in [-0.25, -0.2) is 4.98 Å². The lowest BCUT2D eigenvalue weighted by Crippen LogP contribution is -2.11. The van der Waals surface area contributed by atoms with Crippen LogP contribution in [0.5, 0.6) is 5.75 Å². The molecule has 5 nitrogen and oxygen atoms in total. The molecule has 0 aliphatic rings. The van der Waals surface area contributed by atoms with Crippen LogP contribution in [0, 0.1) is 0 Å². The number of halogens is 1. The van der Waals surface area contributed by atoms with E-state index in [2.05, 4.69) is 38.8 Å². The molecule has 0 atom stereocenters. The molecule has 0 spiro atoms. The van der Waals surface area contributed by atoms with Crippen molar-refractivity contribution in [1.29, 1.82) is 0 Å². The Labute approximate surface area is 164 Å². The number of nitrogens with zero attached hydrogens (tertiary/aromatic N) is 2. The molecule has 2 aromatic carbocycles. The summed E-state index contributed by atoms with van der Waals surface area (Å²) in [7, 11) is 1.67. The normalized spacial score (nSPS) is 10.4. The molecule has 0 radical (unpaired) electrons. The highest BCUT2D eigenvalue weighted by atomic mass is 35.5. The van der Waals surface area contributed by atoms with Crippen LogP contribution in [-0.2, 0) is 12.8 Å². The molecule has 0 fully saturated rings. The number of aromatic nitrogens is 2. The van der Waals surface area contributed by atoms with Gasteiger partial charge in [0.2, 0.25) is 5.95 Å². The maximum absolute atomic E-state index is 6.01. The Morgan fingerprint density at radius 3 is 2.48 bits per heavy atom. The van der Waals surface area contributed by atoms with Gasteiger partial charge in [0, 0.05) is 24.3 Å². The van der Waals surface area contributed by atoms with Crippen LogP contribution in [0.15, 0.2) is 60.8 Å². The van der Waals surface area contributed by atoms with Gasteiger partial charge in [-0.15, -0.1) is 0 Å². The summed E-state index contributed by atoms with van der Waals surface area (Å²) in [6, 6.07) is 17.8. The highest BCUT2D eigenvalue weighted by Gasteiger charge is 2.01. The summed E-state index contributed by atoms with van der Waals surface area (Å²) >= 11 is 6.01. The minimum absolute atomic E-state index is 0.617. The zero-order valence-corrected chi connectivity index (χ0v) is 16.0. The number of nitrogens with one attached hydrogen (secondary N) is 2. The number of ether oxygens (including phenoxy) is 1. The van der Waals surface area contributed by atoms with Crippen molar-refractivity contribution in [3.63, 3.8) is 0 Å². The average Bonchev–Trinajstić information content (AvgIpc) is 2.69. The molecule has 1 aromatic heterocycles. The summed E-state index contributed by atoms with van der Waals surface area (Å²) in [5.41, 5.74) is 2.43. The minimum Gasteiger partial charge on any atom is -0.497 e. The summed E-state index contributed by atoms with van der Waals surface area (Å²) in [5, 5.41) is 7.35. The lowest BCUT2D eigenvalue weighted by Gasteiger charge is -2.09. The summed E-state index contributed by atoms with van der Waals surface area (Å²) in [5.74, 6) is 2.30. The Morgan fingerprint density at radius 2 is 1.70 bits per heavy atom. The van der Waals surface area contributed by atoms with E-state index in [1.165, 1.54) is 11.1 Å². The highest BCUT2D eigenvalue weighted by Crippen LogP contribution is 2.13. The molecule has 27 heavy (non-hydrogen) atoms. The molecule has 140 valence electrons. The van der Waals surface area contributed by atoms with Gasteiger partial charge in [0.05, 0.1) is 7.11 Å². The third kappa shape index (κ3) is 6.15. The van der Waals surface area contributed by atoms with Crippen LogP contribution < -0.4 is 15.4 Å². The van der Waals surface area contributed by atoms with Crippen molar-refractivity contribution in [1.82, 2.24) is 9.97 Å². The molecular weight excluding hydrogens is 360 g/mol. The average molecular weight is 383 g/mol. The summed E-state index contributed by atoms with van der Waals surface area (Å²) in [4.78, 5) is 8.77. The fraction of sp³-hybridized carbons (Fsp3) is 0.238. The van der Waals surface area contributed by atoms with Crippen LogP contribution in [-0.4, -0.2) is 30.2 Å². The smallest absolute Gasteiger partial charge is 0.224 e. The van der Waals surface area contributed by atoms with Crippen LogP contribution in [0.3, 0.4) is 0 Å². The molecule has 0 bridgehead atoms. The van der Waals surface area contributed by atoms with Crippen LogP contribution >= 0.6 is 11.6 Å². The second-order valence-electron chi connectivity index (χ2n) is 6.10. The van der Waals surface area contributed by atoms with Gasteiger partial charge in [0.25, 0.3) is 0 Å². The Kier molecular flexibility index (Phi) is 6.88. The number of methoxy groups -OCH3 is 1. The highest BCUT2D eigenvalue weighted by molar-refractivity contribution is 6.30. The zero-order valence-electron chi connectivity index (χ0n) is 15.3. The second kappa shape index (κ2) is 9.78. The first-order valence-electron chi connectivity index (χ1n) is 8.91. The molecule has 0 aliphatic carbocycles. The third-order valence-corrected chi connectivity index (χ3v) is 4.36. The van der Waals surface area contributed by atoms with Gasteiger partial charge in [0.1, 0.15) is 11.6 Å². The standard InChI is InChI=1S/C21H23ClN4O/c1-27-19-7-5-16(6-8-19)9-12-23-20-11-14-25-21(26-20)24-13-10-17-3-2-4-18(22)15-17/h2-8,11,14-15H,9-10,12-13H2,1H3,(H2,23,24,25,26). The molecule has 0 unspecified atom stereocenters. The van der Waals surface area contributed by atoms with Crippen LogP contribution in [0.4, 0.5) is 11.8 Å². The van der Waals surface area contributed by atoms with E-state index >= 15 is 0 Å². The Hall–Kier alpha value is -2.79. The largest absolute Gasteiger partial charge is 0.497 e. The number of rotatable bonds is 9. The molecule has 3 rings (SSSR count). The zero-order chi connectivity index (χ0) is 18.9. The SMILES string of the molecule is COc1ccc(CCNc2ccnc(NCCc3cccc(Cl)c3)n2)cc1. The first-order chi connectivity index (χ1) is 13.2. The van der Waals surface area contributed by atoms with Crippen molar-refractivity contribution < 1.29 is 4.74 Å². The van der Waals surface area contributed by atoms with Gasteiger partial charge >= 0.3 is 0 Å². The first kappa shape index (κ1) is 19.0. The quantitative estimate of drug-likeness (QED) is 0.572. The molecular formula is C21H23ClN4O. The molecule has 0 amide bonds. The number of benzene rings is 2. The minimum atomic E-state index is 0.617. The van der Waals surface area contributed by atoms with E-state index in [0.29, 0.717) is 5.95 Å². The lowest BCUT2D eigenvalue weighted by molar-refractivity contribution is 0.414. The fourth-order valence-electron chi connectivity index (χ4n) is 2.68. The van der Waals surface area contributed by atoms with E-state index in [9.17, 15) is 0 Å². The van der Waals surface area contributed by atoms with Gasteiger partial charge in [-0.1, -0.05) is 35.9 Å². The van der Waals surface area contributed by atoms with Gasteiger partial charge in [0.15, 0.2) is 0 Å². The molecule has 0 saturated heterocycles. The molecule has 0 aliphatic heterocycles. The van der Waals surface area contributed by atoms with Crippen molar-refractivity contribution in [2.75, 3.05) is 30.8 Å². The summed E-state index contributed by atoms with van der Waals surface area (Å²) < 4.78 is 5.18. The van der Waals surface area contributed by atoms with Gasteiger partial charge in [-0.2, -0.15) is 4.98 Å². The van der Waals surface area contributed by atoms with E-state index in [4.69, 9.17) is 16.3 Å². The number of anilines is 2. The maximum Gasteiger partial charge on any atom is 0.224 e. The van der Waals surface area contributed by atoms with Crippen molar-refractivity contribution in [3.05, 3.63) is 76.9 Å². The number of hydrogen-bond acceptors (Lipinski definition) is 5. The van der Waals surface area contributed by atoms with Crippen molar-refractivity contribution in [2.45, 2.75) is 12.8 Å². The fourth-order valence-corrected chi connectivity index (χ4v) is 2.89. The first-order valence-corrected chi connectivity index (χ1v) is 9.29. The molecule has 3 aromatic rings. The van der Waals surface area contributed by atoms with E-state index in [1.807, 2.05) is 36.4 Å². The van der Waals surface area contributed by atoms with Crippen molar-refractivity contribution >= 4 is 23.4 Å². The van der Waals surface area contributed by atoms with Crippen molar-refractivity contribution in [2.24, 2.45) is 0 Å². The van der Waals surface area contributed by atoms with Crippen LogP contribution in [0.1, 0.15) is 11.1 Å². The second-order valence-corrected chi connectivity index (χ2v) is 6.53. The predicted octanol–water partition coefficient (Wildman–Crippen LogP) is 4.45. The van der Waals surface area contributed by atoms with Gasteiger partial charge in [-0.3, -0.25) is 0 Å². The Bertz CT molecular complexity index is 855. The Balaban J connectivity index is 1.45. The van der Waals surface area contributed by atoms with Crippen molar-refractivity contribution in [3.8, 4) is 5.75 Å². The molecule has 1 heterocycles. The van der Waals surface area contributed by atoms with Crippen LogP contribution in [0.2, 0.25) is 5.02 Å². The molecule has 2 N–H and O–H groups in total. The molecule has 6 heteroatoms. The maximum atomic E-state index is 6.01. The Morgan fingerprint density at radius 1 is 0.926 bits per heavy atom. The van der Waals surface area contributed by atoms with E-state index in [1.54, 1.807) is 13.3 Å². The van der Waals surface area contributed by atoms with Gasteiger partial charge in [-0.05, 0) is 54.3 Å². The van der Waals surface area contributed by atoms with E-state index < -0.39 is 0 Å². The predicted molar refractivity (Wildman–Crippen MR) is 111 cm³/mol. The third-order valence-electron chi connectivity index (χ3n) is 4.12. The van der Waals surface area contributed by atoms with E-state index in [0.717, 1.165) is 42.5 Å². The van der Waals surface area contributed by atoms with Gasteiger partial charge < -0.3 is 15.4 Å². The number of hydrogen-bond donors (Lipinski definition) is 2. The van der Waals surface area contributed by atoms with E-state index in [-0.39, 0.29) is 0 Å². The lowest BCUT2D eigenvalue weighted by atomic mass is 10.1. The topological polar surface area (TPSA) is 59.1 Å². The summed E-state index contributed by atoms with van der Waals surface area (Å²) in [6.07, 6.45) is 3.52. The monoisotopic (exact) mass is 382 g/mol. The summed E-state index contributed by atoms with van der Waals surface area (Å²) in [6.45, 7) is 1.54. The molecule has 0 saturated carbocycles.